The first kappa shape index (κ1) is 20.3. The van der Waals surface area contributed by atoms with Crippen LogP contribution in [0.5, 0.6) is 0 Å². The van der Waals surface area contributed by atoms with E-state index in [9.17, 15) is 14.4 Å². The summed E-state index contributed by atoms with van der Waals surface area (Å²) in [6, 6.07) is 15.6. The van der Waals surface area contributed by atoms with Crippen LogP contribution in [-0.4, -0.2) is 65.1 Å². The van der Waals surface area contributed by atoms with Crippen molar-refractivity contribution in [1.29, 1.82) is 0 Å². The average molecular weight is 405 g/mol. The minimum atomic E-state index is -0.294. The molecule has 2 aromatic rings. The molecule has 0 atom stereocenters. The van der Waals surface area contributed by atoms with E-state index in [1.807, 2.05) is 23.1 Å². The lowest BCUT2D eigenvalue weighted by Gasteiger charge is -2.35. The van der Waals surface area contributed by atoms with Crippen LogP contribution in [0.15, 0.2) is 48.5 Å². The highest BCUT2D eigenvalue weighted by Crippen LogP contribution is 2.20. The Bertz CT molecular complexity index is 964. The number of carbonyl (C=O) groups excluding carboxylic acids is 3. The highest BCUT2D eigenvalue weighted by molar-refractivity contribution is 6.09. The predicted molar refractivity (Wildman–Crippen MR) is 114 cm³/mol. The molecule has 1 fully saturated rings. The number of aryl methyl sites for hydroxylation is 1. The molecule has 0 radical (unpaired) electrons. The Morgan fingerprint density at radius 1 is 0.933 bits per heavy atom. The summed E-state index contributed by atoms with van der Waals surface area (Å²) in [7, 11) is 0. The van der Waals surface area contributed by atoms with E-state index in [1.54, 1.807) is 12.1 Å². The van der Waals surface area contributed by atoms with Crippen molar-refractivity contribution < 1.29 is 14.4 Å². The number of hydrogen-bond donors (Lipinski definition) is 0. The fraction of sp³-hybridized carbons (Fsp3) is 0.375. The van der Waals surface area contributed by atoms with Crippen molar-refractivity contribution in [2.24, 2.45) is 0 Å². The molecule has 2 heterocycles. The molecule has 2 aliphatic heterocycles. The molecular weight excluding hydrogens is 378 g/mol. The van der Waals surface area contributed by atoms with Crippen LogP contribution >= 0.6 is 0 Å². The van der Waals surface area contributed by atoms with Crippen LogP contribution in [0.1, 0.15) is 33.5 Å². The summed E-state index contributed by atoms with van der Waals surface area (Å²) in [6.45, 7) is 6.17. The van der Waals surface area contributed by atoms with Gasteiger partial charge in [0.2, 0.25) is 11.8 Å². The van der Waals surface area contributed by atoms with E-state index >= 15 is 0 Å². The number of amides is 3. The van der Waals surface area contributed by atoms with Gasteiger partial charge < -0.3 is 4.90 Å². The largest absolute Gasteiger partial charge is 0.340 e. The van der Waals surface area contributed by atoms with Gasteiger partial charge in [-0.3, -0.25) is 24.2 Å². The van der Waals surface area contributed by atoms with Crippen molar-refractivity contribution in [1.82, 2.24) is 14.7 Å². The Morgan fingerprint density at radius 3 is 2.40 bits per heavy atom. The number of carbonyl (C=O) groups is 3. The highest BCUT2D eigenvalue weighted by atomic mass is 16.2. The molecule has 0 aliphatic carbocycles. The molecule has 4 rings (SSSR count). The van der Waals surface area contributed by atoms with E-state index < -0.39 is 0 Å². The number of imide groups is 1. The highest BCUT2D eigenvalue weighted by Gasteiger charge is 2.31. The molecule has 0 aromatic heterocycles. The molecule has 6 heteroatoms. The minimum absolute atomic E-state index is 0.00463. The standard InChI is InChI=1S/C24H27N3O3/c1-18-6-2-3-8-20(18)17-25-12-14-26(15-13-25)22(28)10-11-27-23(29)16-19-7-4-5-9-21(19)24(27)30/h2-9H,10-17H2,1H3. The van der Waals surface area contributed by atoms with Gasteiger partial charge in [0.25, 0.3) is 5.91 Å². The summed E-state index contributed by atoms with van der Waals surface area (Å²) >= 11 is 0. The molecular formula is C24H27N3O3. The Labute approximate surface area is 177 Å². The van der Waals surface area contributed by atoms with Gasteiger partial charge in [-0.05, 0) is 29.7 Å². The second-order valence-electron chi connectivity index (χ2n) is 8.02. The molecule has 0 N–H and O–H groups in total. The first-order valence-corrected chi connectivity index (χ1v) is 10.5. The first-order valence-electron chi connectivity index (χ1n) is 10.5. The number of benzene rings is 2. The van der Waals surface area contributed by atoms with Crippen LogP contribution < -0.4 is 0 Å². The molecule has 2 aliphatic rings. The van der Waals surface area contributed by atoms with Crippen molar-refractivity contribution in [3.63, 3.8) is 0 Å². The van der Waals surface area contributed by atoms with Gasteiger partial charge in [-0.25, -0.2) is 0 Å². The van der Waals surface area contributed by atoms with E-state index in [1.165, 1.54) is 16.0 Å². The van der Waals surface area contributed by atoms with Crippen LogP contribution in [-0.2, 0) is 22.6 Å². The first-order chi connectivity index (χ1) is 14.5. The Kier molecular flexibility index (Phi) is 5.95. The molecule has 1 saturated heterocycles. The van der Waals surface area contributed by atoms with Gasteiger partial charge in [0.1, 0.15) is 0 Å². The summed E-state index contributed by atoms with van der Waals surface area (Å²) in [5.41, 5.74) is 3.93. The Balaban J connectivity index is 1.28. The van der Waals surface area contributed by atoms with Gasteiger partial charge >= 0.3 is 0 Å². The van der Waals surface area contributed by atoms with E-state index in [-0.39, 0.29) is 37.1 Å². The van der Waals surface area contributed by atoms with E-state index in [0.29, 0.717) is 18.7 Å². The maximum Gasteiger partial charge on any atom is 0.260 e. The van der Waals surface area contributed by atoms with Gasteiger partial charge in [0.05, 0.1) is 6.42 Å². The fourth-order valence-electron chi connectivity index (χ4n) is 4.18. The number of piperazine rings is 1. The number of rotatable bonds is 5. The number of hydrogen-bond acceptors (Lipinski definition) is 4. The van der Waals surface area contributed by atoms with Gasteiger partial charge in [0, 0.05) is 51.3 Å². The van der Waals surface area contributed by atoms with Gasteiger partial charge in [0.15, 0.2) is 0 Å². The lowest BCUT2D eigenvalue weighted by molar-refractivity contribution is -0.134. The zero-order chi connectivity index (χ0) is 21.1. The van der Waals surface area contributed by atoms with Gasteiger partial charge in [-0.1, -0.05) is 42.5 Å². The Morgan fingerprint density at radius 2 is 1.63 bits per heavy atom. The molecule has 0 spiro atoms. The minimum Gasteiger partial charge on any atom is -0.340 e. The quantitative estimate of drug-likeness (QED) is 0.716. The predicted octanol–water partition coefficient (Wildman–Crippen LogP) is 2.25. The lowest BCUT2D eigenvalue weighted by atomic mass is 9.98. The Hall–Kier alpha value is -2.99. The zero-order valence-electron chi connectivity index (χ0n) is 17.3. The van der Waals surface area contributed by atoms with Crippen molar-refractivity contribution in [2.45, 2.75) is 26.3 Å². The molecule has 3 amide bonds. The molecule has 6 nitrogen and oxygen atoms in total. The zero-order valence-corrected chi connectivity index (χ0v) is 17.3. The molecule has 30 heavy (non-hydrogen) atoms. The smallest absolute Gasteiger partial charge is 0.260 e. The van der Waals surface area contributed by atoms with Gasteiger partial charge in [-0.2, -0.15) is 0 Å². The topological polar surface area (TPSA) is 60.9 Å². The summed E-state index contributed by atoms with van der Waals surface area (Å²) < 4.78 is 0. The van der Waals surface area contributed by atoms with Crippen LogP contribution in [0.25, 0.3) is 0 Å². The molecule has 0 unspecified atom stereocenters. The second kappa shape index (κ2) is 8.79. The monoisotopic (exact) mass is 405 g/mol. The summed E-state index contributed by atoms with van der Waals surface area (Å²) in [4.78, 5) is 43.1. The third-order valence-corrected chi connectivity index (χ3v) is 6.07. The van der Waals surface area contributed by atoms with E-state index in [2.05, 4.69) is 30.0 Å². The van der Waals surface area contributed by atoms with Crippen LogP contribution in [0.4, 0.5) is 0 Å². The normalized spacial score (nSPS) is 17.2. The molecule has 2 aromatic carbocycles. The van der Waals surface area contributed by atoms with Crippen molar-refractivity contribution >= 4 is 17.7 Å². The van der Waals surface area contributed by atoms with Crippen LogP contribution in [0, 0.1) is 6.92 Å². The SMILES string of the molecule is Cc1ccccc1CN1CCN(C(=O)CCN2C(=O)Cc3ccccc3C2=O)CC1. The maximum absolute atomic E-state index is 12.7. The average Bonchev–Trinajstić information content (AvgIpc) is 2.75. The third-order valence-electron chi connectivity index (χ3n) is 6.07. The van der Waals surface area contributed by atoms with Crippen LogP contribution in [0.3, 0.4) is 0 Å². The van der Waals surface area contributed by atoms with Gasteiger partial charge in [-0.15, -0.1) is 0 Å². The second-order valence-corrected chi connectivity index (χ2v) is 8.02. The number of fused-ring (bicyclic) bond motifs is 1. The van der Waals surface area contributed by atoms with Crippen LogP contribution in [0.2, 0.25) is 0 Å². The number of nitrogens with zero attached hydrogens (tertiary/aromatic N) is 3. The van der Waals surface area contributed by atoms with E-state index in [4.69, 9.17) is 0 Å². The summed E-state index contributed by atoms with van der Waals surface area (Å²) in [5, 5.41) is 0. The summed E-state index contributed by atoms with van der Waals surface area (Å²) in [6.07, 6.45) is 0.394. The molecule has 0 bridgehead atoms. The van der Waals surface area contributed by atoms with E-state index in [0.717, 1.165) is 25.2 Å². The third kappa shape index (κ3) is 4.28. The van der Waals surface area contributed by atoms with Crippen molar-refractivity contribution in [3.05, 3.63) is 70.8 Å². The van der Waals surface area contributed by atoms with Crippen molar-refractivity contribution in [3.8, 4) is 0 Å². The fourth-order valence-corrected chi connectivity index (χ4v) is 4.18. The summed E-state index contributed by atoms with van der Waals surface area (Å²) in [5.74, 6) is -0.516. The van der Waals surface area contributed by atoms with Crippen molar-refractivity contribution in [2.75, 3.05) is 32.7 Å². The molecule has 156 valence electrons. The maximum atomic E-state index is 12.7. The lowest BCUT2D eigenvalue weighted by Crippen LogP contribution is -2.49. The molecule has 0 saturated carbocycles.